The zero-order chi connectivity index (χ0) is 16.8. The van der Waals surface area contributed by atoms with Crippen molar-refractivity contribution >= 4 is 5.69 Å². The van der Waals surface area contributed by atoms with Crippen LogP contribution in [0.25, 0.3) is 0 Å². The number of ether oxygens (including phenoxy) is 1. The van der Waals surface area contributed by atoms with E-state index in [-0.39, 0.29) is 0 Å². The van der Waals surface area contributed by atoms with Crippen LogP contribution in [-0.4, -0.2) is 20.2 Å². The van der Waals surface area contributed by atoms with Gasteiger partial charge in [0, 0.05) is 18.2 Å². The van der Waals surface area contributed by atoms with Gasteiger partial charge in [-0.3, -0.25) is 0 Å². The maximum atomic E-state index is 6.12. The number of nitrogens with one attached hydrogen (secondary N) is 1. The lowest BCUT2D eigenvalue weighted by Gasteiger charge is -2.20. The predicted molar refractivity (Wildman–Crippen MR) is 101 cm³/mol. The zero-order valence-electron chi connectivity index (χ0n) is 14.6. The maximum absolute atomic E-state index is 6.12. The van der Waals surface area contributed by atoms with Gasteiger partial charge >= 0.3 is 0 Å². The highest BCUT2D eigenvalue weighted by atomic mass is 16.5. The molecule has 3 heteroatoms. The largest absolute Gasteiger partial charge is 0.493 e. The van der Waals surface area contributed by atoms with E-state index in [2.05, 4.69) is 35.6 Å². The Bertz CT molecular complexity index is 669. The summed E-state index contributed by atoms with van der Waals surface area (Å²) in [6, 6.07) is 14.8. The second-order valence-corrected chi connectivity index (χ2v) is 6.82. The normalized spacial score (nSPS) is 14.9. The standard InChI is InChI=1S/C21H28N2O/c1-23-14-17(11-16-5-4-8-20(22)12-16)15-24-21-10-9-18-6-2-3-7-19(18)13-21/h4-5,8-10,12-13,17,23H,2-3,6-7,11,14-15,22H2,1H3. The average molecular weight is 324 g/mol. The molecule has 24 heavy (non-hydrogen) atoms. The van der Waals surface area contributed by atoms with Crippen LogP contribution in [0.5, 0.6) is 5.75 Å². The third-order valence-corrected chi connectivity index (χ3v) is 4.77. The molecule has 0 saturated heterocycles. The number of rotatable bonds is 7. The Morgan fingerprint density at radius 2 is 1.92 bits per heavy atom. The lowest BCUT2D eigenvalue weighted by Crippen LogP contribution is -2.26. The minimum Gasteiger partial charge on any atom is -0.493 e. The van der Waals surface area contributed by atoms with E-state index in [4.69, 9.17) is 10.5 Å². The van der Waals surface area contributed by atoms with Crippen molar-refractivity contribution in [3.05, 3.63) is 59.2 Å². The fraction of sp³-hybridized carbons (Fsp3) is 0.429. The Labute approximate surface area is 145 Å². The van der Waals surface area contributed by atoms with Crippen molar-refractivity contribution in [1.29, 1.82) is 0 Å². The first-order chi connectivity index (χ1) is 11.7. The molecule has 0 aliphatic heterocycles. The smallest absolute Gasteiger partial charge is 0.119 e. The van der Waals surface area contributed by atoms with E-state index in [1.807, 2.05) is 19.2 Å². The van der Waals surface area contributed by atoms with Crippen LogP contribution in [0.2, 0.25) is 0 Å². The highest BCUT2D eigenvalue weighted by molar-refractivity contribution is 5.41. The van der Waals surface area contributed by atoms with Gasteiger partial charge in [0.2, 0.25) is 0 Å². The van der Waals surface area contributed by atoms with E-state index in [0.29, 0.717) is 12.5 Å². The van der Waals surface area contributed by atoms with Crippen molar-refractivity contribution in [2.45, 2.75) is 32.1 Å². The molecular weight excluding hydrogens is 296 g/mol. The van der Waals surface area contributed by atoms with E-state index >= 15 is 0 Å². The van der Waals surface area contributed by atoms with Crippen LogP contribution in [0.1, 0.15) is 29.5 Å². The minimum atomic E-state index is 0.424. The molecular formula is C21H28N2O. The zero-order valence-corrected chi connectivity index (χ0v) is 14.6. The van der Waals surface area contributed by atoms with Gasteiger partial charge in [-0.15, -0.1) is 0 Å². The molecule has 1 unspecified atom stereocenters. The van der Waals surface area contributed by atoms with Crippen LogP contribution < -0.4 is 15.8 Å². The number of aryl methyl sites for hydroxylation is 2. The molecule has 128 valence electrons. The van der Waals surface area contributed by atoms with Crippen molar-refractivity contribution in [3.63, 3.8) is 0 Å². The van der Waals surface area contributed by atoms with Crippen molar-refractivity contribution in [3.8, 4) is 5.75 Å². The third-order valence-electron chi connectivity index (χ3n) is 4.77. The number of nitrogens with two attached hydrogens (primary N) is 1. The van der Waals surface area contributed by atoms with Crippen LogP contribution in [0.3, 0.4) is 0 Å². The molecule has 0 heterocycles. The van der Waals surface area contributed by atoms with E-state index < -0.39 is 0 Å². The lowest BCUT2D eigenvalue weighted by atomic mass is 9.92. The molecule has 3 nitrogen and oxygen atoms in total. The summed E-state index contributed by atoms with van der Waals surface area (Å²) in [7, 11) is 1.99. The number of nitrogen functional groups attached to an aromatic ring is 1. The van der Waals surface area contributed by atoms with Crippen LogP contribution in [0.15, 0.2) is 42.5 Å². The van der Waals surface area contributed by atoms with Gasteiger partial charge in [-0.05, 0) is 80.1 Å². The van der Waals surface area contributed by atoms with Gasteiger partial charge in [-0.2, -0.15) is 0 Å². The Kier molecular flexibility index (Phi) is 5.76. The first-order valence-electron chi connectivity index (χ1n) is 8.98. The number of hydrogen-bond acceptors (Lipinski definition) is 3. The summed E-state index contributed by atoms with van der Waals surface area (Å²) in [5, 5.41) is 3.28. The Balaban J connectivity index is 1.61. The van der Waals surface area contributed by atoms with Gasteiger partial charge in [0.1, 0.15) is 5.75 Å². The third kappa shape index (κ3) is 4.51. The quantitative estimate of drug-likeness (QED) is 0.765. The van der Waals surface area contributed by atoms with Crippen LogP contribution >= 0.6 is 0 Å². The molecule has 0 spiro atoms. The van der Waals surface area contributed by atoms with Crippen molar-refractivity contribution < 1.29 is 4.74 Å². The Hall–Kier alpha value is -2.00. The Morgan fingerprint density at radius 3 is 2.71 bits per heavy atom. The van der Waals surface area contributed by atoms with E-state index in [1.165, 1.54) is 42.4 Å². The second-order valence-electron chi connectivity index (χ2n) is 6.82. The molecule has 2 aromatic carbocycles. The summed E-state index contributed by atoms with van der Waals surface area (Å²) in [5.41, 5.74) is 11.0. The first kappa shape index (κ1) is 16.8. The fourth-order valence-corrected chi connectivity index (χ4v) is 3.55. The van der Waals surface area contributed by atoms with Crippen molar-refractivity contribution in [2.24, 2.45) is 5.92 Å². The van der Waals surface area contributed by atoms with Gasteiger partial charge in [0.05, 0.1) is 6.61 Å². The molecule has 0 aromatic heterocycles. The van der Waals surface area contributed by atoms with Crippen LogP contribution in [0, 0.1) is 5.92 Å². The second kappa shape index (κ2) is 8.20. The fourth-order valence-electron chi connectivity index (χ4n) is 3.55. The summed E-state index contributed by atoms with van der Waals surface area (Å²) in [6.45, 7) is 1.65. The van der Waals surface area contributed by atoms with Gasteiger partial charge in [-0.1, -0.05) is 18.2 Å². The summed E-state index contributed by atoms with van der Waals surface area (Å²) >= 11 is 0. The number of fused-ring (bicyclic) bond motifs is 1. The maximum Gasteiger partial charge on any atom is 0.119 e. The minimum absolute atomic E-state index is 0.424. The van der Waals surface area contributed by atoms with Crippen molar-refractivity contribution in [1.82, 2.24) is 5.32 Å². The number of benzene rings is 2. The van der Waals surface area contributed by atoms with Crippen molar-refractivity contribution in [2.75, 3.05) is 25.9 Å². The van der Waals surface area contributed by atoms with E-state index in [0.717, 1.165) is 24.4 Å². The molecule has 1 aliphatic rings. The molecule has 1 aliphatic carbocycles. The van der Waals surface area contributed by atoms with Gasteiger partial charge in [0.25, 0.3) is 0 Å². The number of anilines is 1. The summed E-state index contributed by atoms with van der Waals surface area (Å²) in [5.74, 6) is 1.43. The summed E-state index contributed by atoms with van der Waals surface area (Å²) in [6.07, 6.45) is 5.99. The highest BCUT2D eigenvalue weighted by Crippen LogP contribution is 2.25. The predicted octanol–water partition coefficient (Wildman–Crippen LogP) is 3.60. The average Bonchev–Trinajstić information content (AvgIpc) is 2.60. The molecule has 3 N–H and O–H groups in total. The molecule has 0 radical (unpaired) electrons. The van der Waals surface area contributed by atoms with Crippen LogP contribution in [-0.2, 0) is 19.3 Å². The first-order valence-corrected chi connectivity index (χ1v) is 8.98. The molecule has 3 rings (SSSR count). The van der Waals surface area contributed by atoms with Gasteiger partial charge in [0.15, 0.2) is 0 Å². The monoisotopic (exact) mass is 324 g/mol. The van der Waals surface area contributed by atoms with Gasteiger partial charge < -0.3 is 15.8 Å². The summed E-state index contributed by atoms with van der Waals surface area (Å²) < 4.78 is 6.12. The summed E-state index contributed by atoms with van der Waals surface area (Å²) in [4.78, 5) is 0. The number of hydrogen-bond donors (Lipinski definition) is 2. The molecule has 0 amide bonds. The Morgan fingerprint density at radius 1 is 1.08 bits per heavy atom. The SMILES string of the molecule is CNCC(COc1ccc2c(c1)CCCC2)Cc1cccc(N)c1. The lowest BCUT2D eigenvalue weighted by molar-refractivity contribution is 0.245. The topological polar surface area (TPSA) is 47.3 Å². The molecule has 0 saturated carbocycles. The van der Waals surface area contributed by atoms with Gasteiger partial charge in [-0.25, -0.2) is 0 Å². The van der Waals surface area contributed by atoms with Crippen LogP contribution in [0.4, 0.5) is 5.69 Å². The molecule has 1 atom stereocenters. The molecule has 0 bridgehead atoms. The highest BCUT2D eigenvalue weighted by Gasteiger charge is 2.13. The molecule has 0 fully saturated rings. The van der Waals surface area contributed by atoms with E-state index in [1.54, 1.807) is 0 Å². The van der Waals surface area contributed by atoms with E-state index in [9.17, 15) is 0 Å². The molecule has 2 aromatic rings.